The van der Waals surface area contributed by atoms with Crippen LogP contribution in [0.1, 0.15) is 18.9 Å². The van der Waals surface area contributed by atoms with Gasteiger partial charge < -0.3 is 4.90 Å². The molecule has 1 aliphatic heterocycles. The molecule has 2 aromatic carbocycles. The molecule has 0 unspecified atom stereocenters. The highest BCUT2D eigenvalue weighted by atomic mass is 35.5. The van der Waals surface area contributed by atoms with Crippen molar-refractivity contribution in [2.24, 2.45) is 0 Å². The van der Waals surface area contributed by atoms with E-state index in [2.05, 4.69) is 0 Å². The number of hydrogen-bond acceptors (Lipinski definition) is 3. The molecule has 0 fully saturated rings. The molecule has 5 nitrogen and oxygen atoms in total. The fourth-order valence-corrected chi connectivity index (χ4v) is 5.06. The van der Waals surface area contributed by atoms with Crippen molar-refractivity contribution < 1.29 is 13.2 Å². The third-order valence-electron chi connectivity index (χ3n) is 4.61. The molecule has 1 heterocycles. The Morgan fingerprint density at radius 3 is 2.59 bits per heavy atom. The molecule has 8 heteroatoms. The molecule has 0 bridgehead atoms. The van der Waals surface area contributed by atoms with E-state index < -0.39 is 16.1 Å². The smallest absolute Gasteiger partial charge is 0.250 e. The lowest BCUT2D eigenvalue weighted by molar-refractivity contribution is -0.119. The lowest BCUT2D eigenvalue weighted by Crippen LogP contribution is -2.50. The van der Waals surface area contributed by atoms with Gasteiger partial charge in [-0.2, -0.15) is 0 Å². The molecule has 2 aromatic rings. The zero-order chi connectivity index (χ0) is 19.8. The van der Waals surface area contributed by atoms with Gasteiger partial charge in [-0.15, -0.1) is 0 Å². The summed E-state index contributed by atoms with van der Waals surface area (Å²) in [6.45, 7) is 2.30. The van der Waals surface area contributed by atoms with E-state index in [-0.39, 0.29) is 16.6 Å². The minimum atomic E-state index is -3.78. The average Bonchev–Trinajstić information content (AvgIpc) is 3.04. The Hall–Kier alpha value is -1.76. The molecule has 0 aromatic heterocycles. The van der Waals surface area contributed by atoms with Crippen molar-refractivity contribution in [1.82, 2.24) is 0 Å². The highest BCUT2D eigenvalue weighted by molar-refractivity contribution is 7.92. The maximum Gasteiger partial charge on any atom is 0.250 e. The van der Waals surface area contributed by atoms with Crippen molar-refractivity contribution >= 4 is 50.5 Å². The molecular weight excluding hydrogens is 407 g/mol. The lowest BCUT2D eigenvalue weighted by atomic mass is 10.1. The van der Waals surface area contributed by atoms with Gasteiger partial charge in [-0.25, -0.2) is 8.42 Å². The Bertz CT molecular complexity index is 979. The van der Waals surface area contributed by atoms with E-state index >= 15 is 0 Å². The summed E-state index contributed by atoms with van der Waals surface area (Å²) >= 11 is 12.3. The van der Waals surface area contributed by atoms with Crippen molar-refractivity contribution in [1.29, 1.82) is 0 Å². The monoisotopic (exact) mass is 426 g/mol. The number of hydrogen-bond donors (Lipinski definition) is 0. The summed E-state index contributed by atoms with van der Waals surface area (Å²) in [5.74, 6) is -0.274. The van der Waals surface area contributed by atoms with Crippen LogP contribution in [0.4, 0.5) is 11.4 Å². The van der Waals surface area contributed by atoms with Crippen LogP contribution >= 0.6 is 23.2 Å². The minimum absolute atomic E-state index is 0.208. The van der Waals surface area contributed by atoms with Crippen LogP contribution in [0.15, 0.2) is 42.5 Å². The molecule has 0 radical (unpaired) electrons. The standard InChI is InChI=1S/C19H20Cl2N2O3S/c1-3-16(19(24)22-11-10-13-6-4-5-7-17(13)22)23(27(2,25)26)18-12-14(20)8-9-15(18)21/h4-9,12,16H,3,10-11H2,1-2H3/t16-/m0/s1. The van der Waals surface area contributed by atoms with Crippen molar-refractivity contribution in [2.75, 3.05) is 22.0 Å². The number of carbonyl (C=O) groups excluding carboxylic acids is 1. The molecule has 1 atom stereocenters. The number of rotatable bonds is 5. The normalized spacial score (nSPS) is 14.7. The highest BCUT2D eigenvalue weighted by Gasteiger charge is 2.37. The minimum Gasteiger partial charge on any atom is -0.310 e. The van der Waals surface area contributed by atoms with Crippen molar-refractivity contribution in [2.45, 2.75) is 25.8 Å². The van der Waals surface area contributed by atoms with Gasteiger partial charge >= 0.3 is 0 Å². The number of fused-ring (bicyclic) bond motifs is 1. The van der Waals surface area contributed by atoms with E-state index in [4.69, 9.17) is 23.2 Å². The summed E-state index contributed by atoms with van der Waals surface area (Å²) in [5.41, 5.74) is 2.11. The van der Waals surface area contributed by atoms with Gasteiger partial charge in [0.1, 0.15) is 6.04 Å². The first kappa shape index (κ1) is 20.0. The second-order valence-corrected chi connectivity index (χ2v) is 9.15. The number of sulfonamides is 1. The second-order valence-electron chi connectivity index (χ2n) is 6.45. The van der Waals surface area contributed by atoms with Gasteiger partial charge in [0.25, 0.3) is 5.91 Å². The zero-order valence-electron chi connectivity index (χ0n) is 15.0. The summed E-state index contributed by atoms with van der Waals surface area (Å²) in [4.78, 5) is 15.0. The lowest BCUT2D eigenvalue weighted by Gasteiger charge is -2.33. The molecule has 3 rings (SSSR count). The third kappa shape index (κ3) is 3.93. The van der Waals surface area contributed by atoms with Crippen LogP contribution in [-0.4, -0.2) is 33.2 Å². The van der Waals surface area contributed by atoms with Gasteiger partial charge in [-0.3, -0.25) is 9.10 Å². The van der Waals surface area contributed by atoms with Gasteiger partial charge in [0.05, 0.1) is 17.0 Å². The maximum atomic E-state index is 13.3. The SMILES string of the molecule is CC[C@@H](C(=O)N1CCc2ccccc21)N(c1cc(Cl)ccc1Cl)S(C)(=O)=O. The quantitative estimate of drug-likeness (QED) is 0.721. The number of carbonyl (C=O) groups is 1. The predicted octanol–water partition coefficient (Wildman–Crippen LogP) is 4.13. The summed E-state index contributed by atoms with van der Waals surface area (Å²) in [6, 6.07) is 11.3. The summed E-state index contributed by atoms with van der Waals surface area (Å²) < 4.78 is 26.3. The predicted molar refractivity (Wildman–Crippen MR) is 110 cm³/mol. The molecule has 0 N–H and O–H groups in total. The number of halogens is 2. The van der Waals surface area contributed by atoms with Gasteiger partial charge in [-0.05, 0) is 42.7 Å². The Balaban J connectivity index is 2.05. The Morgan fingerprint density at radius 2 is 1.93 bits per heavy atom. The Labute approximate surface area is 169 Å². The largest absolute Gasteiger partial charge is 0.310 e. The Morgan fingerprint density at radius 1 is 1.22 bits per heavy atom. The van der Waals surface area contributed by atoms with Crippen LogP contribution in [0.25, 0.3) is 0 Å². The molecule has 1 aliphatic rings. The highest BCUT2D eigenvalue weighted by Crippen LogP contribution is 2.35. The van der Waals surface area contributed by atoms with E-state index in [9.17, 15) is 13.2 Å². The van der Waals surface area contributed by atoms with E-state index in [0.717, 1.165) is 28.2 Å². The second kappa shape index (κ2) is 7.70. The van der Waals surface area contributed by atoms with E-state index in [1.165, 1.54) is 12.1 Å². The molecular formula is C19H20Cl2N2O3S. The molecule has 0 spiro atoms. The van der Waals surface area contributed by atoms with Crippen LogP contribution in [-0.2, 0) is 21.2 Å². The summed E-state index contributed by atoms with van der Waals surface area (Å²) in [5, 5.41) is 0.565. The number of anilines is 2. The van der Waals surface area contributed by atoms with Gasteiger partial charge in [-0.1, -0.05) is 48.3 Å². The first-order valence-corrected chi connectivity index (χ1v) is 11.2. The van der Waals surface area contributed by atoms with E-state index in [1.54, 1.807) is 17.9 Å². The molecule has 0 saturated carbocycles. The van der Waals surface area contributed by atoms with Crippen LogP contribution in [0.2, 0.25) is 10.0 Å². The van der Waals surface area contributed by atoms with Crippen LogP contribution in [0.5, 0.6) is 0 Å². The molecule has 1 amide bonds. The summed E-state index contributed by atoms with van der Waals surface area (Å²) in [6.07, 6.45) is 2.11. The number of nitrogens with zero attached hydrogens (tertiary/aromatic N) is 2. The van der Waals surface area contributed by atoms with Gasteiger partial charge in [0.15, 0.2) is 0 Å². The van der Waals surface area contributed by atoms with Gasteiger partial charge in [0, 0.05) is 17.3 Å². The van der Waals surface area contributed by atoms with E-state index in [0.29, 0.717) is 18.0 Å². The molecule has 0 aliphatic carbocycles. The average molecular weight is 427 g/mol. The van der Waals surface area contributed by atoms with Crippen molar-refractivity contribution in [3.8, 4) is 0 Å². The number of para-hydroxylation sites is 1. The topological polar surface area (TPSA) is 57.7 Å². The molecule has 0 saturated heterocycles. The fraction of sp³-hybridized carbons (Fsp3) is 0.316. The van der Waals surface area contributed by atoms with Gasteiger partial charge in [0.2, 0.25) is 10.0 Å². The zero-order valence-corrected chi connectivity index (χ0v) is 17.4. The van der Waals surface area contributed by atoms with Crippen LogP contribution in [0.3, 0.4) is 0 Å². The molecule has 27 heavy (non-hydrogen) atoms. The third-order valence-corrected chi connectivity index (χ3v) is 6.33. The molecule has 144 valence electrons. The van der Waals surface area contributed by atoms with E-state index in [1.807, 2.05) is 24.3 Å². The van der Waals surface area contributed by atoms with Crippen LogP contribution in [0, 0.1) is 0 Å². The van der Waals surface area contributed by atoms with Crippen molar-refractivity contribution in [3.05, 3.63) is 58.1 Å². The first-order chi connectivity index (χ1) is 12.7. The maximum absolute atomic E-state index is 13.3. The van der Waals surface area contributed by atoms with Crippen LogP contribution < -0.4 is 9.21 Å². The number of benzene rings is 2. The summed E-state index contributed by atoms with van der Waals surface area (Å²) in [7, 11) is -3.78. The number of amides is 1. The van der Waals surface area contributed by atoms with Crippen molar-refractivity contribution in [3.63, 3.8) is 0 Å². The first-order valence-electron chi connectivity index (χ1n) is 8.57. The fourth-order valence-electron chi connectivity index (χ4n) is 3.42. The Kier molecular flexibility index (Phi) is 5.70.